The predicted molar refractivity (Wildman–Crippen MR) is 78.1 cm³/mol. The van der Waals surface area contributed by atoms with E-state index >= 15 is 0 Å². The number of aryl methyl sites for hydroxylation is 2. The average Bonchev–Trinajstić information content (AvgIpc) is 2.47. The molecule has 2 aromatic rings. The van der Waals surface area contributed by atoms with E-state index < -0.39 is 5.97 Å². The van der Waals surface area contributed by atoms with Gasteiger partial charge in [0.1, 0.15) is 19.0 Å². The summed E-state index contributed by atoms with van der Waals surface area (Å²) in [5.74, 6) is 0.230. The maximum atomic E-state index is 11.7. The molecule has 0 saturated heterocycles. The second-order valence-electron chi connectivity index (χ2n) is 4.54. The Balaban J connectivity index is 1.84. The Labute approximate surface area is 122 Å². The molecule has 1 aromatic carbocycles. The van der Waals surface area contributed by atoms with E-state index in [-0.39, 0.29) is 24.7 Å². The molecule has 0 bridgehead atoms. The molecular weight excluding hydrogens is 270 g/mol. The van der Waals surface area contributed by atoms with Gasteiger partial charge in [0.25, 0.3) is 0 Å². The van der Waals surface area contributed by atoms with Gasteiger partial charge < -0.3 is 15.2 Å². The number of nitrogens with two attached hydrogens (primary N) is 1. The molecule has 1 heterocycles. The number of esters is 1. The summed E-state index contributed by atoms with van der Waals surface area (Å²) in [6.45, 7) is 4.32. The van der Waals surface area contributed by atoms with Crippen LogP contribution < -0.4 is 10.5 Å². The van der Waals surface area contributed by atoms with Crippen molar-refractivity contribution in [1.29, 1.82) is 0 Å². The second kappa shape index (κ2) is 6.69. The standard InChI is InChI=1S/C15H17N3O3/c1-10-3-4-11(2)12(9-10)20-7-8-21-15(19)13-14(16)18-6-5-17-13/h3-6,9H,7-8H2,1-2H3,(H2,16,18). The topological polar surface area (TPSA) is 87.3 Å². The fourth-order valence-electron chi connectivity index (χ4n) is 1.72. The molecule has 0 atom stereocenters. The monoisotopic (exact) mass is 287 g/mol. The van der Waals surface area contributed by atoms with E-state index in [1.54, 1.807) is 0 Å². The van der Waals surface area contributed by atoms with Crippen LogP contribution in [-0.2, 0) is 4.74 Å². The molecule has 21 heavy (non-hydrogen) atoms. The molecule has 0 radical (unpaired) electrons. The maximum Gasteiger partial charge on any atom is 0.360 e. The maximum absolute atomic E-state index is 11.7. The fraction of sp³-hybridized carbons (Fsp3) is 0.267. The lowest BCUT2D eigenvalue weighted by Crippen LogP contribution is -2.15. The first-order valence-corrected chi connectivity index (χ1v) is 6.51. The molecule has 6 heteroatoms. The molecule has 0 amide bonds. The zero-order valence-electron chi connectivity index (χ0n) is 12.0. The minimum atomic E-state index is -0.606. The highest BCUT2D eigenvalue weighted by molar-refractivity contribution is 5.91. The molecule has 2 N–H and O–H groups in total. The third-order valence-electron chi connectivity index (χ3n) is 2.84. The van der Waals surface area contributed by atoms with Gasteiger partial charge in [-0.1, -0.05) is 12.1 Å². The number of hydrogen-bond donors (Lipinski definition) is 1. The third-order valence-corrected chi connectivity index (χ3v) is 2.84. The number of nitrogen functional groups attached to an aromatic ring is 1. The lowest BCUT2D eigenvalue weighted by molar-refractivity contribution is 0.0444. The van der Waals surface area contributed by atoms with Crippen molar-refractivity contribution in [2.45, 2.75) is 13.8 Å². The van der Waals surface area contributed by atoms with E-state index in [1.165, 1.54) is 12.4 Å². The van der Waals surface area contributed by atoms with Gasteiger partial charge >= 0.3 is 5.97 Å². The van der Waals surface area contributed by atoms with Gasteiger partial charge in [0.15, 0.2) is 11.5 Å². The quantitative estimate of drug-likeness (QED) is 0.667. The number of aromatic nitrogens is 2. The molecule has 0 saturated carbocycles. The average molecular weight is 287 g/mol. The summed E-state index contributed by atoms with van der Waals surface area (Å²) >= 11 is 0. The first kappa shape index (κ1) is 14.8. The Bertz CT molecular complexity index is 644. The molecule has 0 aliphatic heterocycles. The van der Waals surface area contributed by atoms with Crippen LogP contribution in [0.5, 0.6) is 5.75 Å². The SMILES string of the molecule is Cc1ccc(C)c(OCCOC(=O)c2nccnc2N)c1. The normalized spacial score (nSPS) is 10.2. The van der Waals surface area contributed by atoms with Crippen molar-refractivity contribution in [2.24, 2.45) is 0 Å². The molecule has 0 fully saturated rings. The van der Waals surface area contributed by atoms with E-state index in [0.29, 0.717) is 0 Å². The lowest BCUT2D eigenvalue weighted by atomic mass is 10.1. The molecule has 1 aromatic heterocycles. The lowest BCUT2D eigenvalue weighted by Gasteiger charge is -2.10. The molecule has 2 rings (SSSR count). The highest BCUT2D eigenvalue weighted by atomic mass is 16.6. The van der Waals surface area contributed by atoms with Gasteiger partial charge in [-0.3, -0.25) is 0 Å². The van der Waals surface area contributed by atoms with Crippen molar-refractivity contribution in [3.8, 4) is 5.75 Å². The summed E-state index contributed by atoms with van der Waals surface area (Å²) in [5, 5.41) is 0. The zero-order valence-corrected chi connectivity index (χ0v) is 12.0. The first-order chi connectivity index (χ1) is 10.1. The van der Waals surface area contributed by atoms with Crippen LogP contribution in [0.3, 0.4) is 0 Å². The van der Waals surface area contributed by atoms with E-state index in [4.69, 9.17) is 15.2 Å². The Morgan fingerprint density at radius 1 is 1.19 bits per heavy atom. The first-order valence-electron chi connectivity index (χ1n) is 6.51. The summed E-state index contributed by atoms with van der Waals surface area (Å²) in [6.07, 6.45) is 2.80. The van der Waals surface area contributed by atoms with E-state index in [1.807, 2.05) is 32.0 Å². The fourth-order valence-corrected chi connectivity index (χ4v) is 1.72. The third kappa shape index (κ3) is 3.92. The van der Waals surface area contributed by atoms with E-state index in [2.05, 4.69) is 9.97 Å². The van der Waals surface area contributed by atoms with Crippen LogP contribution in [0.25, 0.3) is 0 Å². The summed E-state index contributed by atoms with van der Waals surface area (Å²) in [5.41, 5.74) is 7.71. The number of benzene rings is 1. The van der Waals surface area contributed by atoms with Crippen molar-refractivity contribution in [3.63, 3.8) is 0 Å². The summed E-state index contributed by atoms with van der Waals surface area (Å²) in [7, 11) is 0. The molecule has 0 spiro atoms. The Morgan fingerprint density at radius 3 is 2.71 bits per heavy atom. The number of nitrogens with zero attached hydrogens (tertiary/aromatic N) is 2. The van der Waals surface area contributed by atoms with Crippen LogP contribution >= 0.6 is 0 Å². The summed E-state index contributed by atoms with van der Waals surface area (Å²) in [6, 6.07) is 5.94. The molecule has 110 valence electrons. The number of anilines is 1. The Hall–Kier alpha value is -2.63. The molecule has 6 nitrogen and oxygen atoms in total. The summed E-state index contributed by atoms with van der Waals surface area (Å²) < 4.78 is 10.6. The number of rotatable bonds is 5. The number of hydrogen-bond acceptors (Lipinski definition) is 6. The van der Waals surface area contributed by atoms with Gasteiger partial charge in [-0.25, -0.2) is 14.8 Å². The van der Waals surface area contributed by atoms with Crippen molar-refractivity contribution in [1.82, 2.24) is 9.97 Å². The Morgan fingerprint density at radius 2 is 1.95 bits per heavy atom. The minimum absolute atomic E-state index is 0.0178. The van der Waals surface area contributed by atoms with Gasteiger partial charge in [0, 0.05) is 12.4 Å². The van der Waals surface area contributed by atoms with E-state index in [9.17, 15) is 4.79 Å². The van der Waals surface area contributed by atoms with Crippen LogP contribution in [0.1, 0.15) is 21.6 Å². The van der Waals surface area contributed by atoms with Gasteiger partial charge in [0.2, 0.25) is 0 Å². The smallest absolute Gasteiger partial charge is 0.360 e. The van der Waals surface area contributed by atoms with Gasteiger partial charge in [-0.05, 0) is 31.0 Å². The minimum Gasteiger partial charge on any atom is -0.490 e. The van der Waals surface area contributed by atoms with Crippen molar-refractivity contribution in [3.05, 3.63) is 47.4 Å². The molecule has 0 aliphatic rings. The predicted octanol–water partition coefficient (Wildman–Crippen LogP) is 1.91. The van der Waals surface area contributed by atoms with E-state index in [0.717, 1.165) is 16.9 Å². The number of carbonyl (C=O) groups is 1. The number of carbonyl (C=O) groups excluding carboxylic acids is 1. The summed E-state index contributed by atoms with van der Waals surface area (Å²) in [4.78, 5) is 19.4. The van der Waals surface area contributed by atoms with Gasteiger partial charge in [-0.2, -0.15) is 0 Å². The van der Waals surface area contributed by atoms with Crippen molar-refractivity contribution in [2.75, 3.05) is 18.9 Å². The Kier molecular flexibility index (Phi) is 4.71. The molecular formula is C15H17N3O3. The molecule has 0 unspecified atom stereocenters. The highest BCUT2D eigenvalue weighted by Crippen LogP contribution is 2.18. The van der Waals surface area contributed by atoms with Crippen LogP contribution in [0.4, 0.5) is 5.82 Å². The second-order valence-corrected chi connectivity index (χ2v) is 4.54. The molecule has 0 aliphatic carbocycles. The highest BCUT2D eigenvalue weighted by Gasteiger charge is 2.13. The van der Waals surface area contributed by atoms with Crippen molar-refractivity contribution < 1.29 is 14.3 Å². The van der Waals surface area contributed by atoms with Crippen LogP contribution in [0.2, 0.25) is 0 Å². The zero-order chi connectivity index (χ0) is 15.2. The van der Waals surface area contributed by atoms with Crippen LogP contribution in [0, 0.1) is 13.8 Å². The van der Waals surface area contributed by atoms with Crippen molar-refractivity contribution >= 4 is 11.8 Å². The van der Waals surface area contributed by atoms with Crippen LogP contribution in [0.15, 0.2) is 30.6 Å². The van der Waals surface area contributed by atoms with Gasteiger partial charge in [0.05, 0.1) is 0 Å². The van der Waals surface area contributed by atoms with Crippen LogP contribution in [-0.4, -0.2) is 29.2 Å². The van der Waals surface area contributed by atoms with Gasteiger partial charge in [-0.15, -0.1) is 0 Å². The number of ether oxygens (including phenoxy) is 2. The largest absolute Gasteiger partial charge is 0.490 e.